The van der Waals surface area contributed by atoms with Gasteiger partial charge in [-0.15, -0.1) is 0 Å². The zero-order valence-corrected chi connectivity index (χ0v) is 8.30. The van der Waals surface area contributed by atoms with Crippen molar-refractivity contribution >= 4 is 45.2 Å². The second-order valence-corrected chi connectivity index (χ2v) is 3.76. The molecule has 0 amide bonds. The van der Waals surface area contributed by atoms with Crippen molar-refractivity contribution in [2.45, 2.75) is 0 Å². The molecule has 8 heavy (non-hydrogen) atoms. The van der Waals surface area contributed by atoms with Crippen LogP contribution in [-0.4, -0.2) is 0 Å². The molecule has 1 aromatic carbocycles. The molecule has 0 saturated heterocycles. The van der Waals surface area contributed by atoms with Crippen LogP contribution in [0.25, 0.3) is 0 Å². The van der Waals surface area contributed by atoms with Crippen molar-refractivity contribution < 1.29 is 0 Å². The highest BCUT2D eigenvalue weighted by Gasteiger charge is 1.84. The van der Waals surface area contributed by atoms with Gasteiger partial charge in [-0.25, -0.2) is 0 Å². The normalized spacial score (nSPS) is 9.25. The van der Waals surface area contributed by atoms with Crippen LogP contribution in [0.15, 0.2) is 18.2 Å². The molecule has 0 fully saturated rings. The van der Waals surface area contributed by atoms with E-state index in [0.29, 0.717) is 0 Å². The predicted molar refractivity (Wildman–Crippen MR) is 50.7 cm³/mol. The van der Waals surface area contributed by atoms with E-state index in [4.69, 9.17) is 0 Å². The zero-order valence-electron chi connectivity index (χ0n) is 3.99. The van der Waals surface area contributed by atoms with Crippen molar-refractivity contribution in [3.8, 4) is 0 Å². The lowest BCUT2D eigenvalue weighted by Gasteiger charge is -1.86. The van der Waals surface area contributed by atoms with Gasteiger partial charge in [0.1, 0.15) is 0 Å². The molecule has 0 unspecified atom stereocenters. The van der Waals surface area contributed by atoms with Gasteiger partial charge in [-0.2, -0.15) is 0 Å². The lowest BCUT2D eigenvalue weighted by molar-refractivity contribution is 1.58. The summed E-state index contributed by atoms with van der Waals surface area (Å²) in [7, 11) is 0. The van der Waals surface area contributed by atoms with E-state index < -0.39 is 0 Å². The molecule has 0 spiro atoms. The number of hydrogen-bond donors (Lipinski definition) is 0. The minimum absolute atomic E-state index is 1.18. The van der Waals surface area contributed by atoms with E-state index in [2.05, 4.69) is 57.3 Å². The first-order chi connectivity index (χ1) is 3.79. The fraction of sp³-hybridized carbons (Fsp3) is 0. The van der Waals surface area contributed by atoms with E-state index in [-0.39, 0.29) is 0 Å². The fourth-order valence-electron chi connectivity index (χ4n) is 0.412. The molecule has 0 heterocycles. The molecule has 0 aromatic heterocycles. The Morgan fingerprint density at radius 1 is 1.38 bits per heavy atom. The highest BCUT2D eigenvalue weighted by atomic mass is 127. The molecule has 0 aliphatic heterocycles. The Kier molecular flexibility index (Phi) is 2.55. The standard InChI is InChI=1S/C6H3I2/c7-5-2-1-3-6(8)4-5/h1-2,4H. The third-order valence-corrected chi connectivity index (χ3v) is 2.02. The van der Waals surface area contributed by atoms with Crippen molar-refractivity contribution in [3.63, 3.8) is 0 Å². The molecule has 0 nitrogen and oxygen atoms in total. The van der Waals surface area contributed by atoms with Crippen LogP contribution in [0.3, 0.4) is 0 Å². The van der Waals surface area contributed by atoms with Crippen LogP contribution in [0, 0.1) is 13.2 Å². The lowest BCUT2D eigenvalue weighted by atomic mass is 10.4. The summed E-state index contributed by atoms with van der Waals surface area (Å²) in [6.07, 6.45) is 0. The van der Waals surface area contributed by atoms with E-state index >= 15 is 0 Å². The number of rotatable bonds is 0. The second-order valence-electron chi connectivity index (χ2n) is 1.35. The number of benzene rings is 1. The van der Waals surface area contributed by atoms with Crippen LogP contribution >= 0.6 is 45.2 Å². The minimum Gasteiger partial charge on any atom is -0.0522 e. The molecule has 0 aliphatic rings. The Labute approximate surface area is 76.0 Å². The van der Waals surface area contributed by atoms with Crippen LogP contribution in [0.5, 0.6) is 0 Å². The largest absolute Gasteiger partial charge is 0.0522 e. The molecule has 0 N–H and O–H groups in total. The van der Waals surface area contributed by atoms with Gasteiger partial charge in [-0.3, -0.25) is 0 Å². The molecular weight excluding hydrogens is 326 g/mol. The molecule has 41 valence electrons. The summed E-state index contributed by atoms with van der Waals surface area (Å²) < 4.78 is 2.44. The molecule has 2 heteroatoms. The molecule has 1 radical (unpaired) electrons. The fourth-order valence-corrected chi connectivity index (χ4v) is 2.01. The maximum atomic E-state index is 3.05. The lowest BCUT2D eigenvalue weighted by Crippen LogP contribution is -1.70. The molecule has 0 atom stereocenters. The molecule has 1 rings (SSSR count). The van der Waals surface area contributed by atoms with Gasteiger partial charge in [-0.05, 0) is 63.4 Å². The Balaban J connectivity index is 3.08. The molecule has 0 bridgehead atoms. The number of halogens is 2. The van der Waals surface area contributed by atoms with E-state index in [1.165, 1.54) is 7.14 Å². The first kappa shape index (κ1) is 6.80. The highest BCUT2D eigenvalue weighted by Crippen LogP contribution is 2.08. The van der Waals surface area contributed by atoms with Gasteiger partial charge in [-0.1, -0.05) is 6.07 Å². The molecule has 0 aliphatic carbocycles. The van der Waals surface area contributed by atoms with Crippen LogP contribution in [0.1, 0.15) is 0 Å². The average Bonchev–Trinajstić information content (AvgIpc) is 1.64. The van der Waals surface area contributed by atoms with Crippen molar-refractivity contribution in [1.29, 1.82) is 0 Å². The van der Waals surface area contributed by atoms with Crippen LogP contribution in [0.2, 0.25) is 0 Å². The van der Waals surface area contributed by atoms with E-state index in [9.17, 15) is 0 Å². The summed E-state index contributed by atoms with van der Waals surface area (Å²) in [5, 5.41) is 0. The maximum absolute atomic E-state index is 3.05. The summed E-state index contributed by atoms with van der Waals surface area (Å²) in [4.78, 5) is 0. The Morgan fingerprint density at radius 2 is 2.12 bits per heavy atom. The second kappa shape index (κ2) is 3.00. The summed E-state index contributed by atoms with van der Waals surface area (Å²) in [5.74, 6) is 0. The molecular formula is C6H3I2. The van der Waals surface area contributed by atoms with Gasteiger partial charge >= 0.3 is 0 Å². The summed E-state index contributed by atoms with van der Waals surface area (Å²) >= 11 is 4.53. The highest BCUT2D eigenvalue weighted by molar-refractivity contribution is 14.1. The summed E-state index contributed by atoms with van der Waals surface area (Å²) in [6.45, 7) is 0. The van der Waals surface area contributed by atoms with Crippen molar-refractivity contribution in [2.75, 3.05) is 0 Å². The van der Waals surface area contributed by atoms with Crippen LogP contribution in [0.4, 0.5) is 0 Å². The van der Waals surface area contributed by atoms with Crippen LogP contribution < -0.4 is 0 Å². The van der Waals surface area contributed by atoms with E-state index in [0.717, 1.165) is 0 Å². The minimum atomic E-state index is 1.18. The van der Waals surface area contributed by atoms with Crippen molar-refractivity contribution in [1.82, 2.24) is 0 Å². The smallest absolute Gasteiger partial charge is 0.0219 e. The maximum Gasteiger partial charge on any atom is 0.0219 e. The van der Waals surface area contributed by atoms with Gasteiger partial charge < -0.3 is 0 Å². The van der Waals surface area contributed by atoms with Gasteiger partial charge in [0, 0.05) is 7.14 Å². The zero-order chi connectivity index (χ0) is 5.98. The monoisotopic (exact) mass is 329 g/mol. The predicted octanol–water partition coefficient (Wildman–Crippen LogP) is 2.70. The average molecular weight is 329 g/mol. The Bertz CT molecular complexity index is 166. The first-order valence-corrected chi connectivity index (χ1v) is 4.27. The van der Waals surface area contributed by atoms with E-state index in [1.54, 1.807) is 0 Å². The van der Waals surface area contributed by atoms with E-state index in [1.807, 2.05) is 12.1 Å². The van der Waals surface area contributed by atoms with Gasteiger partial charge in [0.25, 0.3) is 0 Å². The molecule has 0 saturated carbocycles. The Morgan fingerprint density at radius 3 is 2.50 bits per heavy atom. The third kappa shape index (κ3) is 1.89. The Hall–Kier alpha value is 0.680. The SMILES string of the molecule is Ic1[c]ccc(I)c1. The van der Waals surface area contributed by atoms with Gasteiger partial charge in [0.2, 0.25) is 0 Å². The van der Waals surface area contributed by atoms with Crippen LogP contribution in [-0.2, 0) is 0 Å². The first-order valence-electron chi connectivity index (χ1n) is 2.12. The summed E-state index contributed by atoms with van der Waals surface area (Å²) in [5.41, 5.74) is 0. The topological polar surface area (TPSA) is 0 Å². The quantitative estimate of drug-likeness (QED) is 0.642. The summed E-state index contributed by atoms with van der Waals surface area (Å²) in [6, 6.07) is 9.10. The number of hydrogen-bond acceptors (Lipinski definition) is 0. The van der Waals surface area contributed by atoms with Gasteiger partial charge in [0.05, 0.1) is 0 Å². The van der Waals surface area contributed by atoms with Crippen molar-refractivity contribution in [2.24, 2.45) is 0 Å². The molecule has 1 aromatic rings. The van der Waals surface area contributed by atoms with Gasteiger partial charge in [0.15, 0.2) is 0 Å². The van der Waals surface area contributed by atoms with Crippen molar-refractivity contribution in [3.05, 3.63) is 31.4 Å². The third-order valence-electron chi connectivity index (χ3n) is 0.728.